The zero-order chi connectivity index (χ0) is 12.6. The molecule has 0 spiro atoms. The van der Waals surface area contributed by atoms with Gasteiger partial charge in [-0.05, 0) is 17.7 Å². The quantitative estimate of drug-likeness (QED) is 0.813. The average molecular weight is 290 g/mol. The third kappa shape index (κ3) is 3.18. The van der Waals surface area contributed by atoms with Crippen LogP contribution in [0.3, 0.4) is 0 Å². The third-order valence-corrected chi connectivity index (χ3v) is 4.63. The maximum Gasteiger partial charge on any atom is 0.236 e. The second kappa shape index (κ2) is 4.55. The number of benzene rings is 1. The normalized spacial score (nSPS) is 12.5. The fourth-order valence-corrected chi connectivity index (χ4v) is 3.51. The van der Waals surface area contributed by atoms with E-state index < -0.39 is 9.05 Å². The summed E-state index contributed by atoms with van der Waals surface area (Å²) in [5.41, 5.74) is 1.61. The summed E-state index contributed by atoms with van der Waals surface area (Å²) in [5.74, 6) is 0.243. The Bertz CT molecular complexity index is 647. The standard InChI is InChI=1S/C11H12ClNO2S2/c1-7(2)11-13-9-4-3-8(5-10(9)16-11)6-17(12,14)15/h3-5,7H,6H2,1-2H3. The summed E-state index contributed by atoms with van der Waals surface area (Å²) in [6.07, 6.45) is 0. The van der Waals surface area contributed by atoms with Crippen LogP contribution in [0.5, 0.6) is 0 Å². The van der Waals surface area contributed by atoms with Gasteiger partial charge in [0.05, 0.1) is 21.0 Å². The van der Waals surface area contributed by atoms with Gasteiger partial charge in [0.2, 0.25) is 9.05 Å². The molecule has 3 nitrogen and oxygen atoms in total. The summed E-state index contributed by atoms with van der Waals surface area (Å²) in [7, 11) is 1.74. The first-order chi connectivity index (χ1) is 7.85. The molecule has 2 aromatic rings. The van der Waals surface area contributed by atoms with Crippen molar-refractivity contribution in [2.75, 3.05) is 0 Å². The van der Waals surface area contributed by atoms with Crippen molar-refractivity contribution in [1.29, 1.82) is 0 Å². The monoisotopic (exact) mass is 289 g/mol. The zero-order valence-electron chi connectivity index (χ0n) is 9.47. The van der Waals surface area contributed by atoms with E-state index >= 15 is 0 Å². The topological polar surface area (TPSA) is 47.0 Å². The molecule has 1 aromatic heterocycles. The van der Waals surface area contributed by atoms with Crippen LogP contribution in [-0.2, 0) is 14.8 Å². The molecule has 0 atom stereocenters. The minimum atomic E-state index is -3.50. The number of hydrogen-bond acceptors (Lipinski definition) is 4. The molecule has 1 heterocycles. The summed E-state index contributed by atoms with van der Waals surface area (Å²) in [6, 6.07) is 5.44. The number of nitrogens with zero attached hydrogens (tertiary/aromatic N) is 1. The van der Waals surface area contributed by atoms with Gasteiger partial charge in [-0.3, -0.25) is 0 Å². The maximum atomic E-state index is 11.0. The van der Waals surface area contributed by atoms with Crippen molar-refractivity contribution in [2.24, 2.45) is 0 Å². The largest absolute Gasteiger partial charge is 0.241 e. The van der Waals surface area contributed by atoms with E-state index in [0.717, 1.165) is 15.2 Å². The predicted octanol–water partition coefficient (Wildman–Crippen LogP) is 3.49. The molecule has 0 N–H and O–H groups in total. The predicted molar refractivity (Wildman–Crippen MR) is 72.2 cm³/mol. The average Bonchev–Trinajstić information content (AvgIpc) is 2.57. The lowest BCUT2D eigenvalue weighted by molar-refractivity contribution is 0.609. The molecule has 0 radical (unpaired) electrons. The molecule has 6 heteroatoms. The van der Waals surface area contributed by atoms with Gasteiger partial charge < -0.3 is 0 Å². The highest BCUT2D eigenvalue weighted by Gasteiger charge is 2.11. The molecule has 1 aromatic carbocycles. The van der Waals surface area contributed by atoms with Gasteiger partial charge in [-0.25, -0.2) is 13.4 Å². The van der Waals surface area contributed by atoms with Crippen LogP contribution in [0, 0.1) is 0 Å². The van der Waals surface area contributed by atoms with Gasteiger partial charge in [0, 0.05) is 16.6 Å². The molecule has 0 saturated heterocycles. The highest BCUT2D eigenvalue weighted by Crippen LogP contribution is 2.28. The van der Waals surface area contributed by atoms with Crippen LogP contribution in [0.2, 0.25) is 0 Å². The van der Waals surface area contributed by atoms with E-state index in [1.807, 2.05) is 12.1 Å². The molecule has 0 aliphatic rings. The van der Waals surface area contributed by atoms with Crippen molar-refractivity contribution in [3.8, 4) is 0 Å². The Kier molecular flexibility index (Phi) is 3.43. The van der Waals surface area contributed by atoms with Crippen LogP contribution in [0.25, 0.3) is 10.2 Å². The number of thiazole rings is 1. The molecular weight excluding hydrogens is 278 g/mol. The Morgan fingerprint density at radius 3 is 2.71 bits per heavy atom. The van der Waals surface area contributed by atoms with Gasteiger partial charge in [-0.15, -0.1) is 11.3 Å². The summed E-state index contributed by atoms with van der Waals surface area (Å²) in [6.45, 7) is 4.17. The fraction of sp³-hybridized carbons (Fsp3) is 0.364. The highest BCUT2D eigenvalue weighted by atomic mass is 35.7. The number of fused-ring (bicyclic) bond motifs is 1. The Morgan fingerprint density at radius 1 is 1.41 bits per heavy atom. The van der Waals surface area contributed by atoms with Crippen LogP contribution in [0.4, 0.5) is 0 Å². The molecule has 0 saturated carbocycles. The Morgan fingerprint density at radius 2 is 2.12 bits per heavy atom. The minimum Gasteiger partial charge on any atom is -0.241 e. The van der Waals surface area contributed by atoms with E-state index in [4.69, 9.17) is 10.7 Å². The molecule has 92 valence electrons. The van der Waals surface area contributed by atoms with Crippen LogP contribution in [-0.4, -0.2) is 13.4 Å². The smallest absolute Gasteiger partial charge is 0.236 e. The van der Waals surface area contributed by atoms with Crippen LogP contribution >= 0.6 is 22.0 Å². The van der Waals surface area contributed by atoms with Gasteiger partial charge >= 0.3 is 0 Å². The van der Waals surface area contributed by atoms with E-state index in [9.17, 15) is 8.42 Å². The van der Waals surface area contributed by atoms with Crippen molar-refractivity contribution in [2.45, 2.75) is 25.5 Å². The molecule has 0 aliphatic heterocycles. The van der Waals surface area contributed by atoms with E-state index in [2.05, 4.69) is 18.8 Å². The van der Waals surface area contributed by atoms with Gasteiger partial charge in [0.25, 0.3) is 0 Å². The van der Waals surface area contributed by atoms with Crippen molar-refractivity contribution in [1.82, 2.24) is 4.98 Å². The SMILES string of the molecule is CC(C)c1nc2ccc(CS(=O)(=O)Cl)cc2s1. The van der Waals surface area contributed by atoms with Crippen molar-refractivity contribution < 1.29 is 8.42 Å². The zero-order valence-corrected chi connectivity index (χ0v) is 11.9. The van der Waals surface area contributed by atoms with Gasteiger partial charge in [-0.1, -0.05) is 19.9 Å². The van der Waals surface area contributed by atoms with Gasteiger partial charge in [0.15, 0.2) is 0 Å². The maximum absolute atomic E-state index is 11.0. The Labute approximate surface area is 109 Å². The van der Waals surface area contributed by atoms with Crippen molar-refractivity contribution >= 4 is 41.3 Å². The molecule has 0 unspecified atom stereocenters. The lowest BCUT2D eigenvalue weighted by Crippen LogP contribution is -1.94. The second-order valence-electron chi connectivity index (χ2n) is 4.19. The Hall–Kier alpha value is -0.650. The molecule has 0 bridgehead atoms. The van der Waals surface area contributed by atoms with Crippen LogP contribution in [0.1, 0.15) is 30.3 Å². The highest BCUT2D eigenvalue weighted by molar-refractivity contribution is 8.13. The van der Waals surface area contributed by atoms with E-state index in [-0.39, 0.29) is 5.75 Å². The fourth-order valence-electron chi connectivity index (χ4n) is 1.52. The van der Waals surface area contributed by atoms with E-state index in [0.29, 0.717) is 11.5 Å². The lowest BCUT2D eigenvalue weighted by atomic mass is 10.2. The summed E-state index contributed by atoms with van der Waals surface area (Å²) in [5, 5.41) is 1.06. The van der Waals surface area contributed by atoms with Crippen LogP contribution in [0.15, 0.2) is 18.2 Å². The van der Waals surface area contributed by atoms with E-state index in [1.54, 1.807) is 17.4 Å². The first-order valence-electron chi connectivity index (χ1n) is 5.17. The number of rotatable bonds is 3. The molecule has 2 rings (SSSR count). The van der Waals surface area contributed by atoms with Crippen molar-refractivity contribution in [3.63, 3.8) is 0 Å². The second-order valence-corrected chi connectivity index (χ2v) is 8.03. The molecular formula is C11H12ClNO2S2. The number of aromatic nitrogens is 1. The molecule has 0 amide bonds. The van der Waals surface area contributed by atoms with Gasteiger partial charge in [-0.2, -0.15) is 0 Å². The molecule has 0 fully saturated rings. The number of halogens is 1. The summed E-state index contributed by atoms with van der Waals surface area (Å²) < 4.78 is 23.0. The van der Waals surface area contributed by atoms with Crippen LogP contribution < -0.4 is 0 Å². The first kappa shape index (κ1) is 12.8. The third-order valence-electron chi connectivity index (χ3n) is 2.30. The van der Waals surface area contributed by atoms with E-state index in [1.165, 1.54) is 0 Å². The number of hydrogen-bond donors (Lipinski definition) is 0. The molecule has 17 heavy (non-hydrogen) atoms. The van der Waals surface area contributed by atoms with Crippen molar-refractivity contribution in [3.05, 3.63) is 28.8 Å². The summed E-state index contributed by atoms with van der Waals surface area (Å²) >= 11 is 1.60. The summed E-state index contributed by atoms with van der Waals surface area (Å²) in [4.78, 5) is 4.49. The Balaban J connectivity index is 2.43. The van der Waals surface area contributed by atoms with Gasteiger partial charge in [0.1, 0.15) is 0 Å². The first-order valence-corrected chi connectivity index (χ1v) is 8.46. The minimum absolute atomic E-state index is 0.139. The molecule has 0 aliphatic carbocycles. The lowest BCUT2D eigenvalue weighted by Gasteiger charge is -1.96.